The van der Waals surface area contributed by atoms with Crippen LogP contribution in [0.2, 0.25) is 0 Å². The van der Waals surface area contributed by atoms with E-state index in [-0.39, 0.29) is 0 Å². The van der Waals surface area contributed by atoms with Crippen molar-refractivity contribution in [3.05, 3.63) is 42.1 Å². The molecule has 0 spiro atoms. The van der Waals surface area contributed by atoms with E-state index in [1.807, 2.05) is 24.3 Å². The first-order chi connectivity index (χ1) is 9.22. The lowest BCUT2D eigenvalue weighted by Crippen LogP contribution is -1.92. The molecule has 2 N–H and O–H groups in total. The molecule has 0 aliphatic heterocycles. The maximum Gasteiger partial charge on any atom is 0.161 e. The Kier molecular flexibility index (Phi) is 4.52. The highest BCUT2D eigenvalue weighted by Gasteiger charge is 2.05. The standard InChI is InChI=1S/C14H16N2O2S/c1-17-12-5-3-10(7-13(12)18-2)9-19-11-4-6-14(15)16-8-11/h3-8H,9H2,1-2H3,(H2,15,16). The molecular weight excluding hydrogens is 260 g/mol. The van der Waals surface area contributed by atoms with Crippen LogP contribution >= 0.6 is 11.8 Å². The molecule has 0 aliphatic rings. The van der Waals surface area contributed by atoms with Crippen LogP contribution < -0.4 is 15.2 Å². The van der Waals surface area contributed by atoms with Gasteiger partial charge in [-0.2, -0.15) is 0 Å². The molecule has 1 aromatic heterocycles. The highest BCUT2D eigenvalue weighted by Crippen LogP contribution is 2.30. The number of thioether (sulfide) groups is 1. The first kappa shape index (κ1) is 13.5. The molecule has 0 fully saturated rings. The molecule has 0 saturated heterocycles. The van der Waals surface area contributed by atoms with Gasteiger partial charge in [-0.1, -0.05) is 6.07 Å². The molecule has 5 heteroatoms. The molecule has 4 nitrogen and oxygen atoms in total. The molecular formula is C14H16N2O2S. The van der Waals surface area contributed by atoms with Gasteiger partial charge in [0.25, 0.3) is 0 Å². The lowest BCUT2D eigenvalue weighted by atomic mass is 10.2. The molecule has 2 rings (SSSR count). The van der Waals surface area contributed by atoms with Gasteiger partial charge in [-0.3, -0.25) is 0 Å². The van der Waals surface area contributed by atoms with E-state index < -0.39 is 0 Å². The van der Waals surface area contributed by atoms with E-state index in [1.165, 1.54) is 5.56 Å². The van der Waals surface area contributed by atoms with Crippen molar-refractivity contribution in [3.63, 3.8) is 0 Å². The second-order valence-electron chi connectivity index (χ2n) is 3.90. The van der Waals surface area contributed by atoms with Crippen molar-refractivity contribution in [2.24, 2.45) is 0 Å². The summed E-state index contributed by atoms with van der Waals surface area (Å²) in [7, 11) is 3.27. The lowest BCUT2D eigenvalue weighted by molar-refractivity contribution is 0.354. The maximum atomic E-state index is 5.55. The number of nitrogens with two attached hydrogens (primary N) is 1. The average Bonchev–Trinajstić information content (AvgIpc) is 2.46. The fourth-order valence-corrected chi connectivity index (χ4v) is 2.42. The molecule has 0 unspecified atom stereocenters. The van der Waals surface area contributed by atoms with Gasteiger partial charge in [-0.25, -0.2) is 4.98 Å². The van der Waals surface area contributed by atoms with Crippen LogP contribution in [-0.2, 0) is 5.75 Å². The summed E-state index contributed by atoms with van der Waals surface area (Å²) in [5, 5.41) is 0. The smallest absolute Gasteiger partial charge is 0.161 e. The molecule has 0 aliphatic carbocycles. The van der Waals surface area contributed by atoms with Crippen molar-refractivity contribution in [2.45, 2.75) is 10.6 Å². The number of ether oxygens (including phenoxy) is 2. The number of aromatic nitrogens is 1. The predicted octanol–water partition coefficient (Wildman–Crippen LogP) is 2.97. The second-order valence-corrected chi connectivity index (χ2v) is 4.95. The number of nitrogens with zero attached hydrogens (tertiary/aromatic N) is 1. The molecule has 1 aromatic carbocycles. The zero-order valence-electron chi connectivity index (χ0n) is 10.9. The van der Waals surface area contributed by atoms with Gasteiger partial charge >= 0.3 is 0 Å². The quantitative estimate of drug-likeness (QED) is 0.851. The minimum atomic E-state index is 0.537. The molecule has 0 radical (unpaired) electrons. The summed E-state index contributed by atoms with van der Waals surface area (Å²) in [5.74, 6) is 2.86. The van der Waals surface area contributed by atoms with Gasteiger partial charge in [-0.15, -0.1) is 11.8 Å². The summed E-state index contributed by atoms with van der Waals surface area (Å²) in [6, 6.07) is 9.69. The van der Waals surface area contributed by atoms with Crippen molar-refractivity contribution in [3.8, 4) is 11.5 Å². The predicted molar refractivity (Wildman–Crippen MR) is 77.8 cm³/mol. The summed E-state index contributed by atoms with van der Waals surface area (Å²) in [6.07, 6.45) is 1.78. The number of hydrogen-bond donors (Lipinski definition) is 1. The minimum absolute atomic E-state index is 0.537. The van der Waals surface area contributed by atoms with Gasteiger partial charge in [0.15, 0.2) is 11.5 Å². The van der Waals surface area contributed by atoms with E-state index in [9.17, 15) is 0 Å². The van der Waals surface area contributed by atoms with E-state index in [0.29, 0.717) is 5.82 Å². The maximum absolute atomic E-state index is 5.55. The van der Waals surface area contributed by atoms with Crippen LogP contribution in [0, 0.1) is 0 Å². The number of methoxy groups -OCH3 is 2. The van der Waals surface area contributed by atoms with Crippen LogP contribution in [0.1, 0.15) is 5.56 Å². The topological polar surface area (TPSA) is 57.4 Å². The average molecular weight is 276 g/mol. The summed E-state index contributed by atoms with van der Waals surface area (Å²) in [6.45, 7) is 0. The molecule has 19 heavy (non-hydrogen) atoms. The van der Waals surface area contributed by atoms with E-state index >= 15 is 0 Å². The highest BCUT2D eigenvalue weighted by atomic mass is 32.2. The zero-order valence-corrected chi connectivity index (χ0v) is 11.7. The first-order valence-electron chi connectivity index (χ1n) is 5.78. The molecule has 1 heterocycles. The molecule has 100 valence electrons. The fraction of sp³-hybridized carbons (Fsp3) is 0.214. The number of rotatable bonds is 5. The van der Waals surface area contributed by atoms with Crippen molar-refractivity contribution >= 4 is 17.6 Å². The van der Waals surface area contributed by atoms with Gasteiger partial charge in [-0.05, 0) is 29.8 Å². The Morgan fingerprint density at radius 2 is 1.89 bits per heavy atom. The summed E-state index contributed by atoms with van der Waals surface area (Å²) >= 11 is 1.70. The Balaban J connectivity index is 2.05. The first-order valence-corrected chi connectivity index (χ1v) is 6.76. The summed E-state index contributed by atoms with van der Waals surface area (Å²) < 4.78 is 10.5. The van der Waals surface area contributed by atoms with Crippen LogP contribution in [0.3, 0.4) is 0 Å². The van der Waals surface area contributed by atoms with Crippen molar-refractivity contribution in [2.75, 3.05) is 20.0 Å². The Labute approximate surface area is 116 Å². The van der Waals surface area contributed by atoms with Crippen LogP contribution in [0.25, 0.3) is 0 Å². The third-order valence-corrected chi connectivity index (χ3v) is 3.67. The molecule has 0 saturated carbocycles. The summed E-state index contributed by atoms with van der Waals surface area (Å²) in [4.78, 5) is 5.15. The zero-order chi connectivity index (χ0) is 13.7. The van der Waals surface area contributed by atoms with Crippen molar-refractivity contribution in [1.29, 1.82) is 0 Å². The molecule has 0 bridgehead atoms. The largest absolute Gasteiger partial charge is 0.493 e. The number of anilines is 1. The Bertz CT molecular complexity index is 544. The third-order valence-electron chi connectivity index (χ3n) is 2.61. The normalized spacial score (nSPS) is 10.2. The van der Waals surface area contributed by atoms with Crippen molar-refractivity contribution < 1.29 is 9.47 Å². The fourth-order valence-electron chi connectivity index (χ4n) is 1.61. The Morgan fingerprint density at radius 3 is 2.53 bits per heavy atom. The number of nitrogen functional groups attached to an aromatic ring is 1. The monoisotopic (exact) mass is 276 g/mol. The van der Waals surface area contributed by atoms with Crippen LogP contribution in [0.15, 0.2) is 41.4 Å². The van der Waals surface area contributed by atoms with E-state index in [2.05, 4.69) is 4.98 Å². The van der Waals surface area contributed by atoms with Gasteiger partial charge in [0.05, 0.1) is 14.2 Å². The van der Waals surface area contributed by atoms with Gasteiger partial charge in [0.2, 0.25) is 0 Å². The molecule has 2 aromatic rings. The highest BCUT2D eigenvalue weighted by molar-refractivity contribution is 7.98. The number of benzene rings is 1. The third kappa shape index (κ3) is 3.54. The Hall–Kier alpha value is -1.88. The van der Waals surface area contributed by atoms with E-state index in [4.69, 9.17) is 15.2 Å². The SMILES string of the molecule is COc1ccc(CSc2ccc(N)nc2)cc1OC. The van der Waals surface area contributed by atoms with E-state index in [1.54, 1.807) is 38.2 Å². The minimum Gasteiger partial charge on any atom is -0.493 e. The van der Waals surface area contributed by atoms with Crippen LogP contribution in [0.4, 0.5) is 5.82 Å². The van der Waals surface area contributed by atoms with E-state index in [0.717, 1.165) is 22.1 Å². The number of pyridine rings is 1. The van der Waals surface area contributed by atoms with Crippen LogP contribution in [-0.4, -0.2) is 19.2 Å². The van der Waals surface area contributed by atoms with Crippen molar-refractivity contribution in [1.82, 2.24) is 4.98 Å². The molecule has 0 amide bonds. The van der Waals surface area contributed by atoms with Crippen LogP contribution in [0.5, 0.6) is 11.5 Å². The Morgan fingerprint density at radius 1 is 1.11 bits per heavy atom. The second kappa shape index (κ2) is 6.33. The number of hydrogen-bond acceptors (Lipinski definition) is 5. The summed E-state index contributed by atoms with van der Waals surface area (Å²) in [5.41, 5.74) is 6.72. The van der Waals surface area contributed by atoms with Gasteiger partial charge < -0.3 is 15.2 Å². The van der Waals surface area contributed by atoms with Gasteiger partial charge in [0, 0.05) is 16.8 Å². The lowest BCUT2D eigenvalue weighted by Gasteiger charge is -2.09. The molecule has 0 atom stereocenters. The van der Waals surface area contributed by atoms with Gasteiger partial charge in [0.1, 0.15) is 5.82 Å².